The SMILES string of the molecule is CC(C)(C)OC(=O)NCCN/C(=C1\C(=O)Nc2ccc(Br)cc21)c1cc(N)ccc1F. The number of carbonyl (C=O) groups is 2. The molecule has 0 atom stereocenters. The molecule has 7 nitrogen and oxygen atoms in total. The first-order chi connectivity index (χ1) is 14.5. The molecule has 1 aliphatic heterocycles. The number of amides is 2. The zero-order valence-corrected chi connectivity index (χ0v) is 19.0. The summed E-state index contributed by atoms with van der Waals surface area (Å²) >= 11 is 3.41. The molecular weight excluding hydrogens is 467 g/mol. The van der Waals surface area contributed by atoms with E-state index in [0.717, 1.165) is 4.47 Å². The van der Waals surface area contributed by atoms with Gasteiger partial charge in [-0.3, -0.25) is 4.79 Å². The minimum Gasteiger partial charge on any atom is -0.444 e. The highest BCUT2D eigenvalue weighted by Gasteiger charge is 2.29. The summed E-state index contributed by atoms with van der Waals surface area (Å²) in [5.74, 6) is -0.891. The predicted octanol–water partition coefficient (Wildman–Crippen LogP) is 4.11. The fourth-order valence-corrected chi connectivity index (χ4v) is 3.47. The zero-order valence-electron chi connectivity index (χ0n) is 17.4. The maximum Gasteiger partial charge on any atom is 0.407 e. The van der Waals surface area contributed by atoms with Crippen LogP contribution in [0, 0.1) is 5.82 Å². The monoisotopic (exact) mass is 490 g/mol. The van der Waals surface area contributed by atoms with Gasteiger partial charge in [0.1, 0.15) is 11.4 Å². The Morgan fingerprint density at radius 2 is 1.87 bits per heavy atom. The highest BCUT2D eigenvalue weighted by molar-refractivity contribution is 9.10. The lowest BCUT2D eigenvalue weighted by molar-refractivity contribution is -0.110. The van der Waals surface area contributed by atoms with Crippen LogP contribution in [-0.4, -0.2) is 30.7 Å². The lowest BCUT2D eigenvalue weighted by Crippen LogP contribution is -2.36. The van der Waals surface area contributed by atoms with E-state index >= 15 is 0 Å². The maximum absolute atomic E-state index is 14.7. The van der Waals surface area contributed by atoms with E-state index < -0.39 is 17.5 Å². The number of nitrogens with two attached hydrogens (primary N) is 1. The third-order valence-electron chi connectivity index (χ3n) is 4.33. The summed E-state index contributed by atoms with van der Waals surface area (Å²) < 4.78 is 20.7. The van der Waals surface area contributed by atoms with Crippen LogP contribution in [0.25, 0.3) is 11.3 Å². The molecule has 0 fully saturated rings. The average Bonchev–Trinajstić information content (AvgIpc) is 2.98. The van der Waals surface area contributed by atoms with Crippen LogP contribution in [0.3, 0.4) is 0 Å². The van der Waals surface area contributed by atoms with Gasteiger partial charge in [-0.1, -0.05) is 15.9 Å². The number of halogens is 2. The molecule has 9 heteroatoms. The van der Waals surface area contributed by atoms with E-state index in [0.29, 0.717) is 16.9 Å². The summed E-state index contributed by atoms with van der Waals surface area (Å²) in [6.45, 7) is 5.73. The number of rotatable bonds is 5. The summed E-state index contributed by atoms with van der Waals surface area (Å²) in [7, 11) is 0. The van der Waals surface area contributed by atoms with Crippen LogP contribution in [0.2, 0.25) is 0 Å². The number of hydrogen-bond acceptors (Lipinski definition) is 5. The van der Waals surface area contributed by atoms with Crippen molar-refractivity contribution >= 4 is 50.6 Å². The lowest BCUT2D eigenvalue weighted by atomic mass is 9.99. The van der Waals surface area contributed by atoms with Crippen molar-refractivity contribution in [3.05, 3.63) is 57.8 Å². The van der Waals surface area contributed by atoms with E-state index in [2.05, 4.69) is 31.9 Å². The van der Waals surface area contributed by atoms with Crippen molar-refractivity contribution in [1.29, 1.82) is 0 Å². The van der Waals surface area contributed by atoms with Gasteiger partial charge >= 0.3 is 6.09 Å². The van der Waals surface area contributed by atoms with Crippen molar-refractivity contribution in [3.63, 3.8) is 0 Å². The number of alkyl carbamates (subject to hydrolysis) is 1. The van der Waals surface area contributed by atoms with E-state index in [1.807, 2.05) is 0 Å². The van der Waals surface area contributed by atoms with Gasteiger partial charge in [0, 0.05) is 40.1 Å². The normalized spacial score (nSPS) is 14.5. The first-order valence-corrected chi connectivity index (χ1v) is 10.5. The van der Waals surface area contributed by atoms with E-state index in [1.165, 1.54) is 18.2 Å². The number of ether oxygens (including phenoxy) is 1. The van der Waals surface area contributed by atoms with Gasteiger partial charge in [0.05, 0.1) is 11.3 Å². The highest BCUT2D eigenvalue weighted by atomic mass is 79.9. The van der Waals surface area contributed by atoms with Gasteiger partial charge in [-0.2, -0.15) is 0 Å². The number of anilines is 2. The van der Waals surface area contributed by atoms with Gasteiger partial charge in [-0.25, -0.2) is 9.18 Å². The minimum absolute atomic E-state index is 0.162. The summed E-state index contributed by atoms with van der Waals surface area (Å²) in [6.07, 6.45) is -0.563. The fourth-order valence-electron chi connectivity index (χ4n) is 3.11. The fraction of sp³-hybridized carbons (Fsp3) is 0.273. The predicted molar refractivity (Wildman–Crippen MR) is 123 cm³/mol. The van der Waals surface area contributed by atoms with Crippen LogP contribution in [0.15, 0.2) is 40.9 Å². The number of fused-ring (bicyclic) bond motifs is 1. The zero-order chi connectivity index (χ0) is 22.8. The number of nitrogen functional groups attached to an aromatic ring is 1. The van der Waals surface area contributed by atoms with Crippen molar-refractivity contribution in [2.45, 2.75) is 26.4 Å². The molecule has 1 aliphatic rings. The first kappa shape index (κ1) is 22.6. The van der Waals surface area contributed by atoms with Crippen LogP contribution in [0.4, 0.5) is 20.6 Å². The lowest BCUT2D eigenvalue weighted by Gasteiger charge is -2.20. The molecule has 0 spiro atoms. The van der Waals surface area contributed by atoms with Crippen LogP contribution >= 0.6 is 15.9 Å². The Bertz CT molecular complexity index is 1060. The number of carbonyl (C=O) groups excluding carboxylic acids is 2. The summed E-state index contributed by atoms with van der Waals surface area (Å²) in [4.78, 5) is 24.6. The standard InChI is InChI=1S/C22H24BrFN4O3/c1-22(2,3)31-21(30)27-9-8-26-19(14-11-13(25)5-6-16(14)24)18-15-10-12(23)4-7-17(15)28-20(18)29/h4-7,10-11,26H,8-9,25H2,1-3H3,(H,27,30)(H,28,29)/b19-18-. The Hall–Kier alpha value is -3.07. The smallest absolute Gasteiger partial charge is 0.407 e. The molecule has 31 heavy (non-hydrogen) atoms. The van der Waals surface area contributed by atoms with Crippen LogP contribution in [-0.2, 0) is 9.53 Å². The topological polar surface area (TPSA) is 105 Å². The summed E-state index contributed by atoms with van der Waals surface area (Å²) in [5, 5.41) is 8.51. The molecule has 0 aromatic heterocycles. The van der Waals surface area contributed by atoms with Gasteiger partial charge in [0.2, 0.25) is 0 Å². The van der Waals surface area contributed by atoms with Crippen molar-refractivity contribution in [1.82, 2.24) is 10.6 Å². The van der Waals surface area contributed by atoms with Crippen molar-refractivity contribution in [2.75, 3.05) is 24.1 Å². The molecule has 2 amide bonds. The third kappa shape index (κ3) is 5.55. The van der Waals surface area contributed by atoms with Gasteiger partial charge in [0.25, 0.3) is 5.91 Å². The molecule has 0 aliphatic carbocycles. The van der Waals surface area contributed by atoms with Gasteiger partial charge < -0.3 is 26.4 Å². The number of hydrogen-bond donors (Lipinski definition) is 4. The van der Waals surface area contributed by atoms with Crippen molar-refractivity contribution in [3.8, 4) is 0 Å². The second-order valence-electron chi connectivity index (χ2n) is 7.99. The van der Waals surface area contributed by atoms with E-state index in [-0.39, 0.29) is 35.8 Å². The molecule has 2 aromatic carbocycles. The second kappa shape index (κ2) is 8.97. The highest BCUT2D eigenvalue weighted by Crippen LogP contribution is 2.38. The molecule has 0 saturated carbocycles. The molecule has 0 unspecified atom stereocenters. The molecule has 0 saturated heterocycles. The molecule has 164 valence electrons. The maximum atomic E-state index is 14.7. The van der Waals surface area contributed by atoms with Gasteiger partial charge in [0.15, 0.2) is 0 Å². The largest absolute Gasteiger partial charge is 0.444 e. The van der Waals surface area contributed by atoms with E-state index in [4.69, 9.17) is 10.5 Å². The molecule has 5 N–H and O–H groups in total. The van der Waals surface area contributed by atoms with Gasteiger partial charge in [-0.05, 0) is 57.2 Å². The Balaban J connectivity index is 1.92. The Morgan fingerprint density at radius 1 is 1.16 bits per heavy atom. The van der Waals surface area contributed by atoms with Crippen LogP contribution in [0.5, 0.6) is 0 Å². The van der Waals surface area contributed by atoms with E-state index in [9.17, 15) is 14.0 Å². The minimum atomic E-state index is -0.617. The number of benzene rings is 2. The third-order valence-corrected chi connectivity index (χ3v) is 4.82. The Morgan fingerprint density at radius 3 is 2.58 bits per heavy atom. The Kier molecular flexibility index (Phi) is 6.54. The van der Waals surface area contributed by atoms with Gasteiger partial charge in [-0.15, -0.1) is 0 Å². The molecule has 1 heterocycles. The van der Waals surface area contributed by atoms with Crippen LogP contribution < -0.4 is 21.7 Å². The summed E-state index contributed by atoms with van der Waals surface area (Å²) in [6, 6.07) is 9.52. The van der Waals surface area contributed by atoms with Crippen molar-refractivity contribution < 1.29 is 18.7 Å². The average molecular weight is 491 g/mol. The molecular formula is C22H24BrFN4O3. The second-order valence-corrected chi connectivity index (χ2v) is 8.90. The van der Waals surface area contributed by atoms with Crippen molar-refractivity contribution in [2.24, 2.45) is 0 Å². The molecule has 0 bridgehead atoms. The van der Waals surface area contributed by atoms with E-state index in [1.54, 1.807) is 39.0 Å². The number of nitrogens with one attached hydrogen (secondary N) is 3. The Labute approximate surface area is 188 Å². The summed E-state index contributed by atoms with van der Waals surface area (Å²) in [5.41, 5.74) is 7.60. The first-order valence-electron chi connectivity index (χ1n) is 9.67. The molecule has 3 rings (SSSR count). The van der Waals surface area contributed by atoms with Crippen LogP contribution in [0.1, 0.15) is 31.9 Å². The molecule has 0 radical (unpaired) electrons. The quantitative estimate of drug-likeness (QED) is 0.286. The molecule has 2 aromatic rings.